The van der Waals surface area contributed by atoms with Crippen molar-refractivity contribution in [3.8, 4) is 0 Å². The number of rotatable bonds is 7. The Morgan fingerprint density at radius 2 is 1.92 bits per heavy atom. The van der Waals surface area contributed by atoms with Gasteiger partial charge < -0.3 is 15.5 Å². The largest absolute Gasteiger partial charge is 0.371 e. The van der Waals surface area contributed by atoms with Crippen LogP contribution in [0.1, 0.15) is 32.6 Å². The van der Waals surface area contributed by atoms with Crippen molar-refractivity contribution >= 4 is 23.2 Å². The number of halogens is 2. The highest BCUT2D eigenvalue weighted by Gasteiger charge is 2.24. The van der Waals surface area contributed by atoms with E-state index in [0.29, 0.717) is 18.5 Å². The molecule has 5 nitrogen and oxygen atoms in total. The van der Waals surface area contributed by atoms with Gasteiger partial charge in [0.25, 0.3) is 5.91 Å². The Hall–Kier alpha value is -2.18. The number of anilines is 2. The fourth-order valence-corrected chi connectivity index (χ4v) is 2.78. The molecular formula is C17H23F2N3O2. The molecule has 1 aromatic rings. The van der Waals surface area contributed by atoms with Gasteiger partial charge in [-0.3, -0.25) is 9.59 Å². The molecule has 1 saturated heterocycles. The molecule has 0 bridgehead atoms. The van der Waals surface area contributed by atoms with Crippen molar-refractivity contribution in [1.29, 1.82) is 0 Å². The minimum absolute atomic E-state index is 0.302. The Morgan fingerprint density at radius 1 is 1.21 bits per heavy atom. The molecule has 1 aliphatic rings. The normalized spacial score (nSPS) is 15.4. The van der Waals surface area contributed by atoms with E-state index in [4.69, 9.17) is 0 Å². The van der Waals surface area contributed by atoms with Gasteiger partial charge in [-0.15, -0.1) is 0 Å². The number of benzene rings is 1. The molecule has 1 aromatic carbocycles. The van der Waals surface area contributed by atoms with Crippen molar-refractivity contribution in [2.75, 3.05) is 23.3 Å². The van der Waals surface area contributed by atoms with Crippen LogP contribution in [0.25, 0.3) is 0 Å². The predicted molar refractivity (Wildman–Crippen MR) is 89.4 cm³/mol. The van der Waals surface area contributed by atoms with Gasteiger partial charge >= 0.3 is 6.43 Å². The smallest absolute Gasteiger partial charge is 0.315 e. The van der Waals surface area contributed by atoms with Crippen LogP contribution >= 0.6 is 0 Å². The Kier molecular flexibility index (Phi) is 6.52. The third-order valence-corrected chi connectivity index (χ3v) is 3.99. The van der Waals surface area contributed by atoms with Crippen LogP contribution in [0.5, 0.6) is 0 Å². The summed E-state index contributed by atoms with van der Waals surface area (Å²) < 4.78 is 24.8. The summed E-state index contributed by atoms with van der Waals surface area (Å²) in [5.74, 6) is -1.90. The average Bonchev–Trinajstić information content (AvgIpc) is 3.09. The van der Waals surface area contributed by atoms with Crippen LogP contribution in [0, 0.1) is 0 Å². The summed E-state index contributed by atoms with van der Waals surface area (Å²) in [5.41, 5.74) is 1.62. The number of amides is 2. The Labute approximate surface area is 140 Å². The molecule has 2 rings (SSSR count). The number of carbonyl (C=O) groups excluding carboxylic acids is 2. The third kappa shape index (κ3) is 4.91. The molecule has 1 atom stereocenters. The summed E-state index contributed by atoms with van der Waals surface area (Å²) >= 11 is 0. The van der Waals surface area contributed by atoms with Gasteiger partial charge in [-0.1, -0.05) is 19.4 Å². The molecule has 24 heavy (non-hydrogen) atoms. The third-order valence-electron chi connectivity index (χ3n) is 3.99. The van der Waals surface area contributed by atoms with Crippen LogP contribution in [0.3, 0.4) is 0 Å². The van der Waals surface area contributed by atoms with Crippen molar-refractivity contribution in [3.05, 3.63) is 24.3 Å². The summed E-state index contributed by atoms with van der Waals surface area (Å²) in [4.78, 5) is 25.7. The van der Waals surface area contributed by atoms with Gasteiger partial charge in [0.1, 0.15) is 6.04 Å². The maximum absolute atomic E-state index is 12.4. The topological polar surface area (TPSA) is 61.4 Å². The highest BCUT2D eigenvalue weighted by molar-refractivity contribution is 5.97. The minimum atomic E-state index is -3.13. The molecule has 1 fully saturated rings. The highest BCUT2D eigenvalue weighted by atomic mass is 19.3. The van der Waals surface area contributed by atoms with Gasteiger partial charge in [-0.2, -0.15) is 8.78 Å². The standard InChI is InChI=1S/C17H23F2N3O2/c1-2-6-14(21-17(24)15(18)19)16(23)20-12-7-5-8-13(11-12)22-9-3-4-10-22/h5,7-8,11,14-15H,2-4,6,9-10H2,1H3,(H,20,23)(H,21,24). The second kappa shape index (κ2) is 8.61. The first-order valence-corrected chi connectivity index (χ1v) is 8.25. The maximum Gasteiger partial charge on any atom is 0.315 e. The molecule has 0 saturated carbocycles. The number of nitrogens with zero attached hydrogens (tertiary/aromatic N) is 1. The zero-order valence-corrected chi connectivity index (χ0v) is 13.7. The second-order valence-corrected chi connectivity index (χ2v) is 5.88. The molecule has 7 heteroatoms. The molecule has 2 amide bonds. The maximum atomic E-state index is 12.4. The van der Waals surface area contributed by atoms with E-state index in [1.54, 1.807) is 6.07 Å². The van der Waals surface area contributed by atoms with Crippen LogP contribution in [0.2, 0.25) is 0 Å². The number of nitrogens with one attached hydrogen (secondary N) is 2. The number of carbonyl (C=O) groups is 2. The molecule has 132 valence electrons. The molecule has 0 spiro atoms. The van der Waals surface area contributed by atoms with Crippen molar-refractivity contribution in [3.63, 3.8) is 0 Å². The molecule has 0 radical (unpaired) electrons. The van der Waals surface area contributed by atoms with E-state index in [9.17, 15) is 18.4 Å². The second-order valence-electron chi connectivity index (χ2n) is 5.88. The molecule has 2 N–H and O–H groups in total. The van der Waals surface area contributed by atoms with Gasteiger partial charge in [-0.05, 0) is 37.5 Å². The Bertz CT molecular complexity index is 575. The predicted octanol–water partition coefficient (Wildman–Crippen LogP) is 2.78. The fourth-order valence-electron chi connectivity index (χ4n) is 2.78. The first kappa shape index (κ1) is 18.2. The van der Waals surface area contributed by atoms with E-state index in [1.165, 1.54) is 0 Å². The average molecular weight is 339 g/mol. The minimum Gasteiger partial charge on any atom is -0.371 e. The van der Waals surface area contributed by atoms with E-state index in [2.05, 4.69) is 15.5 Å². The van der Waals surface area contributed by atoms with Gasteiger partial charge in [0, 0.05) is 24.5 Å². The lowest BCUT2D eigenvalue weighted by Crippen LogP contribution is -2.45. The molecule has 1 aliphatic heterocycles. The first-order chi connectivity index (χ1) is 11.5. The number of hydrogen-bond acceptors (Lipinski definition) is 3. The summed E-state index contributed by atoms with van der Waals surface area (Å²) in [6.45, 7) is 3.80. The van der Waals surface area contributed by atoms with Crippen LogP contribution in [0.15, 0.2) is 24.3 Å². The molecular weight excluding hydrogens is 316 g/mol. The number of alkyl halides is 2. The summed E-state index contributed by atoms with van der Waals surface area (Å²) in [7, 11) is 0. The number of hydrogen-bond donors (Lipinski definition) is 2. The van der Waals surface area contributed by atoms with Crippen molar-refractivity contribution in [2.45, 2.75) is 45.1 Å². The SMILES string of the molecule is CCCC(NC(=O)C(F)F)C(=O)Nc1cccc(N2CCCC2)c1. The van der Waals surface area contributed by atoms with Gasteiger partial charge in [0.2, 0.25) is 5.91 Å². The summed E-state index contributed by atoms with van der Waals surface area (Å²) in [5, 5.41) is 4.81. The van der Waals surface area contributed by atoms with Crippen molar-refractivity contribution in [1.82, 2.24) is 5.32 Å². The monoisotopic (exact) mass is 339 g/mol. The van der Waals surface area contributed by atoms with E-state index in [1.807, 2.05) is 25.1 Å². The van der Waals surface area contributed by atoms with E-state index < -0.39 is 24.3 Å². The molecule has 0 aliphatic carbocycles. The molecule has 1 heterocycles. The van der Waals surface area contributed by atoms with Crippen molar-refractivity contribution in [2.24, 2.45) is 0 Å². The first-order valence-electron chi connectivity index (χ1n) is 8.25. The Balaban J connectivity index is 2.02. The van der Waals surface area contributed by atoms with E-state index in [0.717, 1.165) is 31.6 Å². The Morgan fingerprint density at radius 3 is 2.54 bits per heavy atom. The zero-order valence-electron chi connectivity index (χ0n) is 13.7. The molecule has 1 unspecified atom stereocenters. The molecule has 0 aromatic heterocycles. The van der Waals surface area contributed by atoms with Crippen LogP contribution in [0.4, 0.5) is 20.2 Å². The lowest BCUT2D eigenvalue weighted by atomic mass is 10.1. The fraction of sp³-hybridized carbons (Fsp3) is 0.529. The van der Waals surface area contributed by atoms with Gasteiger partial charge in [0.05, 0.1) is 0 Å². The van der Waals surface area contributed by atoms with Crippen LogP contribution in [-0.4, -0.2) is 37.4 Å². The van der Waals surface area contributed by atoms with Gasteiger partial charge in [0.15, 0.2) is 0 Å². The summed E-state index contributed by atoms with van der Waals surface area (Å²) in [6.07, 6.45) is 0.0606. The van der Waals surface area contributed by atoms with Gasteiger partial charge in [-0.25, -0.2) is 0 Å². The van der Waals surface area contributed by atoms with Crippen molar-refractivity contribution < 1.29 is 18.4 Å². The van der Waals surface area contributed by atoms with E-state index in [-0.39, 0.29) is 0 Å². The van der Waals surface area contributed by atoms with Crippen LogP contribution < -0.4 is 15.5 Å². The summed E-state index contributed by atoms with van der Waals surface area (Å²) in [6, 6.07) is 6.46. The van der Waals surface area contributed by atoms with Crippen LogP contribution in [-0.2, 0) is 9.59 Å². The quantitative estimate of drug-likeness (QED) is 0.803. The lowest BCUT2D eigenvalue weighted by Gasteiger charge is -2.20. The highest BCUT2D eigenvalue weighted by Crippen LogP contribution is 2.23. The zero-order chi connectivity index (χ0) is 17.5. The lowest BCUT2D eigenvalue weighted by molar-refractivity contribution is -0.134. The van der Waals surface area contributed by atoms with E-state index >= 15 is 0 Å².